The third kappa shape index (κ3) is 2.96. The molecule has 11 fully saturated rings. The maximum absolute atomic E-state index is 3.47. The Hall–Kier alpha value is 0.685. The van der Waals surface area contributed by atoms with Crippen molar-refractivity contribution in [2.24, 2.45) is 35.5 Å². The lowest BCUT2D eigenvalue weighted by atomic mass is 9.17. The standard InChI is InChI=1S/C34H51BN2S2/c1-16-9-20-13-18-5-3-7-24-31(18)36-29(20)22(11-16)35-23-12-17(2)10-21-14-19-6-4-8-25-32(19)37(30(21)23)34-27(39-25)15-26(38-24)33(36)28(34)35/h16-34H,3-15H2,1-2H3. The van der Waals surface area contributed by atoms with Gasteiger partial charge in [-0.15, -0.1) is 0 Å². The summed E-state index contributed by atoms with van der Waals surface area (Å²) in [5.41, 5.74) is 0. The van der Waals surface area contributed by atoms with Crippen LogP contribution in [0.1, 0.15) is 97.3 Å². The quantitative estimate of drug-likeness (QED) is 0.286. The summed E-state index contributed by atoms with van der Waals surface area (Å²) in [6.07, 6.45) is 20.4. The Kier molecular flexibility index (Phi) is 5.08. The van der Waals surface area contributed by atoms with Crippen LogP contribution in [-0.2, 0) is 0 Å². The van der Waals surface area contributed by atoms with E-state index in [1.807, 2.05) is 0 Å². The molecule has 0 spiro atoms. The van der Waals surface area contributed by atoms with Crippen LogP contribution in [0.5, 0.6) is 0 Å². The molecule has 2 nitrogen and oxygen atoms in total. The average Bonchev–Trinajstić information content (AvgIpc) is 2.92. The van der Waals surface area contributed by atoms with Crippen molar-refractivity contribution >= 4 is 30.2 Å². The Balaban J connectivity index is 1.12. The Morgan fingerprint density at radius 2 is 1.00 bits per heavy atom. The number of fused-ring (bicyclic) bond motifs is 2. The van der Waals surface area contributed by atoms with Gasteiger partial charge in [-0.05, 0) is 111 Å². The Labute approximate surface area is 246 Å². The molecule has 39 heavy (non-hydrogen) atoms. The van der Waals surface area contributed by atoms with E-state index in [0.717, 1.165) is 117 Å². The van der Waals surface area contributed by atoms with Gasteiger partial charge < -0.3 is 0 Å². The minimum absolute atomic E-state index is 0.943. The van der Waals surface area contributed by atoms with Crippen LogP contribution in [0.4, 0.5) is 0 Å². The SMILES string of the molecule is CC1CC2CC3CCCC4SC5CC6SC7CCCC8CC9CC(C)CC%10B%11C(C1)C2N(C34)C5C%11C6N(C87)C9%10. The van der Waals surface area contributed by atoms with Gasteiger partial charge in [0, 0.05) is 57.3 Å². The predicted octanol–water partition coefficient (Wildman–Crippen LogP) is 7.31. The lowest BCUT2D eigenvalue weighted by molar-refractivity contribution is -0.133. The van der Waals surface area contributed by atoms with Crippen LogP contribution in [0.25, 0.3) is 0 Å². The van der Waals surface area contributed by atoms with E-state index in [1.165, 1.54) is 12.8 Å². The van der Waals surface area contributed by atoms with E-state index in [0.29, 0.717) is 0 Å². The first-order chi connectivity index (χ1) is 19.1. The minimum atomic E-state index is 0.943. The number of thioether (sulfide) groups is 2. The molecule has 0 aromatic carbocycles. The Morgan fingerprint density at radius 3 is 1.51 bits per heavy atom. The largest absolute Gasteiger partial charge is 0.292 e. The highest BCUT2D eigenvalue weighted by molar-refractivity contribution is 8.01. The van der Waals surface area contributed by atoms with Gasteiger partial charge in [0.15, 0.2) is 6.71 Å². The topological polar surface area (TPSA) is 6.48 Å². The first kappa shape index (κ1) is 24.1. The van der Waals surface area contributed by atoms with Crippen LogP contribution in [0.15, 0.2) is 0 Å². The van der Waals surface area contributed by atoms with Crippen LogP contribution in [-0.4, -0.2) is 73.8 Å². The molecule has 6 aliphatic heterocycles. The maximum Gasteiger partial charge on any atom is 0.157 e. The maximum atomic E-state index is 3.47. The molecule has 0 bridgehead atoms. The third-order valence-electron chi connectivity index (χ3n) is 15.9. The van der Waals surface area contributed by atoms with Gasteiger partial charge in [0.25, 0.3) is 0 Å². The zero-order valence-corrected chi connectivity index (χ0v) is 26.1. The summed E-state index contributed by atoms with van der Waals surface area (Å²) in [6, 6.07) is 5.76. The number of hydrogen-bond acceptors (Lipinski definition) is 4. The smallest absolute Gasteiger partial charge is 0.157 e. The van der Waals surface area contributed by atoms with Crippen molar-refractivity contribution in [2.75, 3.05) is 0 Å². The van der Waals surface area contributed by atoms with Crippen molar-refractivity contribution in [3.05, 3.63) is 0 Å². The van der Waals surface area contributed by atoms with Gasteiger partial charge in [0.2, 0.25) is 0 Å². The molecule has 0 aromatic rings. The second-order valence-corrected chi connectivity index (χ2v) is 20.5. The third-order valence-corrected chi connectivity index (χ3v) is 19.3. The molecule has 6 heterocycles. The fourth-order valence-corrected chi connectivity index (χ4v) is 20.0. The molecule has 0 aromatic heterocycles. The summed E-state index contributed by atoms with van der Waals surface area (Å²) in [5.74, 6) is 9.20. The molecule has 5 heteroatoms. The number of hydrogen-bond donors (Lipinski definition) is 0. The molecule has 212 valence electrons. The summed E-state index contributed by atoms with van der Waals surface area (Å²) in [4.78, 5) is 6.95. The number of nitrogens with zero attached hydrogens (tertiary/aromatic N) is 2. The average molecular weight is 563 g/mol. The zero-order chi connectivity index (χ0) is 25.3. The van der Waals surface area contributed by atoms with Crippen molar-refractivity contribution in [1.29, 1.82) is 0 Å². The van der Waals surface area contributed by atoms with Crippen LogP contribution >= 0.6 is 23.5 Å². The van der Waals surface area contributed by atoms with Crippen LogP contribution in [0, 0.1) is 35.5 Å². The zero-order valence-electron chi connectivity index (χ0n) is 24.5. The minimum Gasteiger partial charge on any atom is -0.292 e. The molecule has 0 radical (unpaired) electrons. The number of rotatable bonds is 0. The first-order valence-corrected chi connectivity index (χ1v) is 19.9. The van der Waals surface area contributed by atoms with Gasteiger partial charge in [0.05, 0.1) is 0 Å². The van der Waals surface area contributed by atoms with Crippen molar-refractivity contribution in [3.63, 3.8) is 0 Å². The molecule has 0 amide bonds. The van der Waals surface area contributed by atoms with E-state index in [9.17, 15) is 0 Å². The van der Waals surface area contributed by atoms with E-state index in [1.54, 1.807) is 70.6 Å². The van der Waals surface area contributed by atoms with Gasteiger partial charge in [0.1, 0.15) is 0 Å². The number of piperidine rings is 2. The van der Waals surface area contributed by atoms with Gasteiger partial charge in [-0.3, -0.25) is 9.80 Å². The van der Waals surface area contributed by atoms with Crippen LogP contribution in [0.2, 0.25) is 17.5 Å². The van der Waals surface area contributed by atoms with E-state index in [4.69, 9.17) is 0 Å². The second kappa shape index (κ2) is 8.23. The molecule has 18 unspecified atom stereocenters. The summed E-state index contributed by atoms with van der Waals surface area (Å²) in [7, 11) is 0. The lowest BCUT2D eigenvalue weighted by Crippen LogP contribution is -2.84. The highest BCUT2D eigenvalue weighted by Crippen LogP contribution is 2.72. The molecular weight excluding hydrogens is 511 g/mol. The normalized spacial score (nSPS) is 65.7. The van der Waals surface area contributed by atoms with Gasteiger partial charge in [-0.1, -0.05) is 39.5 Å². The molecule has 11 aliphatic rings. The van der Waals surface area contributed by atoms with Gasteiger partial charge in [-0.2, -0.15) is 23.5 Å². The van der Waals surface area contributed by atoms with E-state index >= 15 is 0 Å². The fourth-order valence-electron chi connectivity index (χ4n) is 15.7. The van der Waals surface area contributed by atoms with E-state index in [2.05, 4.69) is 47.2 Å². The molecular formula is C34H51BN2S2. The summed E-state index contributed by atoms with van der Waals surface area (Å²) < 4.78 is 0. The fraction of sp³-hybridized carbons (Fsp3) is 1.00. The van der Waals surface area contributed by atoms with Crippen molar-refractivity contribution in [1.82, 2.24) is 9.80 Å². The summed E-state index contributed by atoms with van der Waals surface area (Å²) >= 11 is 5.21. The molecule has 5 saturated carbocycles. The molecule has 6 saturated heterocycles. The molecule has 5 aliphatic carbocycles. The molecule has 0 N–H and O–H groups in total. The van der Waals surface area contributed by atoms with Crippen LogP contribution < -0.4 is 0 Å². The molecule has 11 rings (SSSR count). The lowest BCUT2D eigenvalue weighted by Gasteiger charge is -2.78. The Bertz CT molecular complexity index is 978. The highest BCUT2D eigenvalue weighted by Gasteiger charge is 2.74. The summed E-state index contributed by atoms with van der Waals surface area (Å²) in [6.45, 7) is 6.44. The van der Waals surface area contributed by atoms with Crippen molar-refractivity contribution in [2.45, 2.75) is 172 Å². The monoisotopic (exact) mass is 562 g/mol. The van der Waals surface area contributed by atoms with Crippen molar-refractivity contribution in [3.8, 4) is 0 Å². The predicted molar refractivity (Wildman–Crippen MR) is 166 cm³/mol. The molecule has 18 atom stereocenters. The highest BCUT2D eigenvalue weighted by atomic mass is 32.2. The van der Waals surface area contributed by atoms with Gasteiger partial charge in [-0.25, -0.2) is 0 Å². The van der Waals surface area contributed by atoms with Gasteiger partial charge >= 0.3 is 0 Å². The van der Waals surface area contributed by atoms with E-state index in [-0.39, 0.29) is 0 Å². The van der Waals surface area contributed by atoms with Crippen LogP contribution in [0.3, 0.4) is 0 Å². The van der Waals surface area contributed by atoms with Crippen molar-refractivity contribution < 1.29 is 0 Å². The first-order valence-electron chi connectivity index (χ1n) is 18.0. The Morgan fingerprint density at radius 1 is 0.487 bits per heavy atom. The summed E-state index contributed by atoms with van der Waals surface area (Å²) in [5, 5.41) is 3.87. The second-order valence-electron chi connectivity index (χ2n) is 17.5. The van der Waals surface area contributed by atoms with E-state index < -0.39 is 0 Å².